The van der Waals surface area contributed by atoms with Crippen LogP contribution in [0.4, 0.5) is 5.69 Å². The maximum absolute atomic E-state index is 13.9. The first-order valence-corrected chi connectivity index (χ1v) is 13.9. The summed E-state index contributed by atoms with van der Waals surface area (Å²) in [5, 5.41) is 0.519. The Morgan fingerprint density at radius 3 is 2.10 bits per heavy atom. The van der Waals surface area contributed by atoms with Crippen LogP contribution in [-0.4, -0.2) is 41.2 Å². The van der Waals surface area contributed by atoms with Crippen molar-refractivity contribution < 1.29 is 19.1 Å². The van der Waals surface area contributed by atoms with Gasteiger partial charge in [-0.1, -0.05) is 72.3 Å². The predicted molar refractivity (Wildman–Crippen MR) is 161 cm³/mol. The van der Waals surface area contributed by atoms with Gasteiger partial charge in [0.05, 0.1) is 12.2 Å². The van der Waals surface area contributed by atoms with Crippen LogP contribution in [0.5, 0.6) is 5.75 Å². The topological polar surface area (TPSA) is 66.9 Å². The second kappa shape index (κ2) is 12.0. The lowest BCUT2D eigenvalue weighted by molar-refractivity contribution is -0.132. The standard InChI is InChI=1S/C34H31ClN2O4/c1-34(2)33(40)37(23-30(38)26-13-16-28(35)17-14-26)29-21-27(15-18-31(29)41-34)32(39)36(22-25-11-7-4-8-12-25)20-19-24-9-5-3-6-10-24/h3-18,21H,19-20,22-23H2,1-2H3. The molecule has 0 saturated heterocycles. The second-order valence-corrected chi connectivity index (χ2v) is 11.0. The SMILES string of the molecule is CC1(C)Oc2ccc(C(=O)N(CCc3ccccc3)Cc3ccccc3)cc2N(CC(=O)c2ccc(Cl)cc2)C1=O. The fraction of sp³-hybridized carbons (Fsp3) is 0.206. The number of halogens is 1. The molecule has 0 aliphatic carbocycles. The fourth-order valence-corrected chi connectivity index (χ4v) is 5.00. The van der Waals surface area contributed by atoms with E-state index < -0.39 is 5.60 Å². The van der Waals surface area contributed by atoms with Crippen LogP contribution in [0.3, 0.4) is 0 Å². The molecule has 2 amide bonds. The molecule has 1 heterocycles. The van der Waals surface area contributed by atoms with Crippen molar-refractivity contribution in [3.8, 4) is 5.75 Å². The molecule has 0 unspecified atom stereocenters. The summed E-state index contributed by atoms with van der Waals surface area (Å²) in [6, 6.07) is 31.5. The van der Waals surface area contributed by atoms with Gasteiger partial charge in [0, 0.05) is 29.2 Å². The first kappa shape index (κ1) is 28.1. The van der Waals surface area contributed by atoms with Crippen molar-refractivity contribution in [2.24, 2.45) is 0 Å². The number of ether oxygens (including phenoxy) is 1. The van der Waals surface area contributed by atoms with E-state index in [1.54, 1.807) is 56.3 Å². The first-order valence-electron chi connectivity index (χ1n) is 13.5. The number of nitrogens with zero attached hydrogens (tertiary/aromatic N) is 2. The van der Waals surface area contributed by atoms with E-state index in [4.69, 9.17) is 16.3 Å². The zero-order valence-electron chi connectivity index (χ0n) is 23.0. The molecule has 5 rings (SSSR count). The maximum Gasteiger partial charge on any atom is 0.271 e. The van der Waals surface area contributed by atoms with E-state index in [1.807, 2.05) is 65.6 Å². The molecule has 4 aromatic rings. The lowest BCUT2D eigenvalue weighted by Crippen LogP contribution is -2.54. The van der Waals surface area contributed by atoms with Crippen molar-refractivity contribution >= 4 is 34.9 Å². The van der Waals surface area contributed by atoms with Crippen LogP contribution in [-0.2, 0) is 17.8 Å². The van der Waals surface area contributed by atoms with Gasteiger partial charge >= 0.3 is 0 Å². The van der Waals surface area contributed by atoms with E-state index in [-0.39, 0.29) is 24.1 Å². The molecule has 0 bridgehead atoms. The Morgan fingerprint density at radius 1 is 0.829 bits per heavy atom. The molecule has 0 fully saturated rings. The number of hydrogen-bond donors (Lipinski definition) is 0. The van der Waals surface area contributed by atoms with E-state index in [0.717, 1.165) is 11.1 Å². The number of carbonyl (C=O) groups excluding carboxylic acids is 3. The molecule has 4 aromatic carbocycles. The molecule has 208 valence electrons. The highest BCUT2D eigenvalue weighted by Crippen LogP contribution is 2.39. The third-order valence-electron chi connectivity index (χ3n) is 7.11. The van der Waals surface area contributed by atoms with Gasteiger partial charge in [-0.2, -0.15) is 0 Å². The summed E-state index contributed by atoms with van der Waals surface area (Å²) < 4.78 is 6.02. The van der Waals surface area contributed by atoms with Crippen molar-refractivity contribution in [2.75, 3.05) is 18.0 Å². The van der Waals surface area contributed by atoms with Gasteiger partial charge in [0.2, 0.25) is 0 Å². The molecule has 0 spiro atoms. The van der Waals surface area contributed by atoms with Gasteiger partial charge in [-0.3, -0.25) is 19.3 Å². The average Bonchev–Trinajstić information content (AvgIpc) is 2.98. The Hall–Kier alpha value is -4.42. The summed E-state index contributed by atoms with van der Waals surface area (Å²) in [5.74, 6) is -0.339. The monoisotopic (exact) mass is 566 g/mol. The quantitative estimate of drug-likeness (QED) is 0.214. The molecule has 0 saturated carbocycles. The number of amides is 2. The minimum absolute atomic E-state index is 0.172. The molecular formula is C34H31ClN2O4. The maximum atomic E-state index is 13.9. The van der Waals surface area contributed by atoms with Gasteiger partial charge < -0.3 is 9.64 Å². The number of Topliss-reactive ketones (excluding diaryl/α,β-unsaturated/α-hetero) is 1. The normalized spacial score (nSPS) is 13.7. The average molecular weight is 567 g/mol. The zero-order valence-corrected chi connectivity index (χ0v) is 23.8. The summed E-state index contributed by atoms with van der Waals surface area (Å²) in [6.45, 7) is 4.09. The van der Waals surface area contributed by atoms with Crippen molar-refractivity contribution in [1.82, 2.24) is 4.90 Å². The Kier molecular flexibility index (Phi) is 8.22. The lowest BCUT2D eigenvalue weighted by atomic mass is 10.0. The third kappa shape index (κ3) is 6.50. The Labute approximate surface area is 245 Å². The molecule has 7 heteroatoms. The number of hydrogen-bond acceptors (Lipinski definition) is 4. The number of carbonyl (C=O) groups is 3. The fourth-order valence-electron chi connectivity index (χ4n) is 4.88. The zero-order chi connectivity index (χ0) is 29.0. The summed E-state index contributed by atoms with van der Waals surface area (Å²) in [6.07, 6.45) is 0.696. The Morgan fingerprint density at radius 2 is 1.44 bits per heavy atom. The van der Waals surface area contributed by atoms with Crippen molar-refractivity contribution in [1.29, 1.82) is 0 Å². The van der Waals surface area contributed by atoms with E-state index in [1.165, 1.54) is 4.90 Å². The minimum Gasteiger partial charge on any atom is -0.476 e. The number of anilines is 1. The number of ketones is 1. The highest BCUT2D eigenvalue weighted by atomic mass is 35.5. The molecular weight excluding hydrogens is 536 g/mol. The molecule has 1 aliphatic rings. The molecule has 1 aliphatic heterocycles. The summed E-state index contributed by atoms with van der Waals surface area (Å²) in [4.78, 5) is 43.8. The Balaban J connectivity index is 1.45. The largest absolute Gasteiger partial charge is 0.476 e. The lowest BCUT2D eigenvalue weighted by Gasteiger charge is -2.38. The van der Waals surface area contributed by atoms with Gasteiger partial charge in [-0.05, 0) is 73.9 Å². The number of rotatable bonds is 9. The van der Waals surface area contributed by atoms with Gasteiger partial charge in [-0.25, -0.2) is 0 Å². The van der Waals surface area contributed by atoms with Gasteiger partial charge in [0.15, 0.2) is 11.4 Å². The van der Waals surface area contributed by atoms with E-state index >= 15 is 0 Å². The van der Waals surface area contributed by atoms with Crippen molar-refractivity contribution in [3.63, 3.8) is 0 Å². The molecule has 0 atom stereocenters. The van der Waals surface area contributed by atoms with E-state index in [2.05, 4.69) is 0 Å². The van der Waals surface area contributed by atoms with Crippen molar-refractivity contribution in [3.05, 3.63) is 130 Å². The van der Waals surface area contributed by atoms with Crippen LogP contribution in [0, 0.1) is 0 Å². The summed E-state index contributed by atoms with van der Waals surface area (Å²) >= 11 is 5.99. The molecule has 0 radical (unpaired) electrons. The van der Waals surface area contributed by atoms with Crippen LogP contribution < -0.4 is 9.64 Å². The van der Waals surface area contributed by atoms with Crippen LogP contribution in [0.15, 0.2) is 103 Å². The van der Waals surface area contributed by atoms with Crippen LogP contribution in [0.2, 0.25) is 5.02 Å². The third-order valence-corrected chi connectivity index (χ3v) is 7.36. The first-order chi connectivity index (χ1) is 19.7. The van der Waals surface area contributed by atoms with E-state index in [9.17, 15) is 14.4 Å². The van der Waals surface area contributed by atoms with Gasteiger partial charge in [-0.15, -0.1) is 0 Å². The van der Waals surface area contributed by atoms with Crippen LogP contribution >= 0.6 is 11.6 Å². The smallest absolute Gasteiger partial charge is 0.271 e. The molecule has 0 aromatic heterocycles. The molecule has 6 nitrogen and oxygen atoms in total. The number of benzene rings is 4. The predicted octanol–water partition coefficient (Wildman–Crippen LogP) is 6.61. The summed E-state index contributed by atoms with van der Waals surface area (Å²) in [7, 11) is 0. The van der Waals surface area contributed by atoms with Crippen LogP contribution in [0.25, 0.3) is 0 Å². The highest BCUT2D eigenvalue weighted by molar-refractivity contribution is 6.30. The minimum atomic E-state index is -1.17. The van der Waals surface area contributed by atoms with Crippen LogP contribution in [0.1, 0.15) is 45.7 Å². The Bertz CT molecular complexity index is 1550. The highest BCUT2D eigenvalue weighted by Gasteiger charge is 2.42. The second-order valence-electron chi connectivity index (χ2n) is 10.6. The van der Waals surface area contributed by atoms with Gasteiger partial charge in [0.1, 0.15) is 5.75 Å². The number of fused-ring (bicyclic) bond motifs is 1. The van der Waals surface area contributed by atoms with Crippen molar-refractivity contribution in [2.45, 2.75) is 32.4 Å². The molecule has 41 heavy (non-hydrogen) atoms. The summed E-state index contributed by atoms with van der Waals surface area (Å²) in [5.41, 5.74) is 2.22. The van der Waals surface area contributed by atoms with Gasteiger partial charge in [0.25, 0.3) is 11.8 Å². The van der Waals surface area contributed by atoms with E-state index in [0.29, 0.717) is 47.1 Å². The molecule has 0 N–H and O–H groups in total.